The summed E-state index contributed by atoms with van der Waals surface area (Å²) in [5, 5.41) is 16.0. The van der Waals surface area contributed by atoms with Gasteiger partial charge >= 0.3 is 0 Å². The van der Waals surface area contributed by atoms with Crippen molar-refractivity contribution < 1.29 is 14.5 Å². The molecule has 2 amide bonds. The number of hydrogen-bond donors (Lipinski definition) is 2. The SMILES string of the molecule is C[C@@H](NC(=O)C[C@H]1Sc2ccccc2NC1=O)c1cccc([N+](=O)[O-])c1. The monoisotopic (exact) mass is 371 g/mol. The van der Waals surface area contributed by atoms with Crippen LogP contribution in [0.25, 0.3) is 0 Å². The number of rotatable bonds is 5. The van der Waals surface area contributed by atoms with Crippen molar-refractivity contribution in [3.05, 3.63) is 64.2 Å². The Hall–Kier alpha value is -2.87. The van der Waals surface area contributed by atoms with E-state index in [9.17, 15) is 19.7 Å². The number of nitro benzene ring substituents is 1. The Morgan fingerprint density at radius 3 is 2.85 bits per heavy atom. The lowest BCUT2D eigenvalue weighted by Crippen LogP contribution is -2.35. The molecule has 2 aromatic carbocycles. The molecule has 0 saturated heterocycles. The topological polar surface area (TPSA) is 101 Å². The van der Waals surface area contributed by atoms with Crippen molar-refractivity contribution in [3.8, 4) is 0 Å². The molecule has 26 heavy (non-hydrogen) atoms. The van der Waals surface area contributed by atoms with E-state index in [1.54, 1.807) is 19.1 Å². The summed E-state index contributed by atoms with van der Waals surface area (Å²) in [6.45, 7) is 1.75. The first kappa shape index (κ1) is 17.9. The van der Waals surface area contributed by atoms with Crippen LogP contribution in [0.2, 0.25) is 0 Å². The van der Waals surface area contributed by atoms with E-state index in [1.165, 1.54) is 23.9 Å². The summed E-state index contributed by atoms with van der Waals surface area (Å²) in [6, 6.07) is 13.2. The molecule has 1 aliphatic rings. The van der Waals surface area contributed by atoms with Crippen molar-refractivity contribution in [2.45, 2.75) is 29.5 Å². The molecule has 2 atom stereocenters. The predicted molar refractivity (Wildman–Crippen MR) is 99.0 cm³/mol. The van der Waals surface area contributed by atoms with Gasteiger partial charge in [0, 0.05) is 23.4 Å². The molecule has 134 valence electrons. The number of hydrogen-bond acceptors (Lipinski definition) is 5. The number of non-ortho nitro benzene ring substituents is 1. The summed E-state index contributed by atoms with van der Waals surface area (Å²) >= 11 is 1.36. The Balaban J connectivity index is 1.63. The molecule has 0 bridgehead atoms. The zero-order valence-electron chi connectivity index (χ0n) is 14.0. The highest BCUT2D eigenvalue weighted by Gasteiger charge is 2.29. The third-order valence-corrected chi connectivity index (χ3v) is 5.31. The van der Waals surface area contributed by atoms with Crippen LogP contribution in [0.1, 0.15) is 24.9 Å². The first-order valence-corrected chi connectivity index (χ1v) is 8.92. The van der Waals surface area contributed by atoms with Crippen molar-refractivity contribution in [1.29, 1.82) is 0 Å². The lowest BCUT2D eigenvalue weighted by molar-refractivity contribution is -0.384. The summed E-state index contributed by atoms with van der Waals surface area (Å²) in [4.78, 5) is 35.8. The molecule has 0 aromatic heterocycles. The highest BCUT2D eigenvalue weighted by Crippen LogP contribution is 2.36. The number of anilines is 1. The summed E-state index contributed by atoms with van der Waals surface area (Å²) in [7, 11) is 0. The maximum atomic E-state index is 12.3. The van der Waals surface area contributed by atoms with Crippen LogP contribution in [0.15, 0.2) is 53.4 Å². The van der Waals surface area contributed by atoms with Crippen LogP contribution in [0, 0.1) is 10.1 Å². The molecule has 2 aromatic rings. The number of nitrogens with zero attached hydrogens (tertiary/aromatic N) is 1. The summed E-state index contributed by atoms with van der Waals surface area (Å²) in [5.74, 6) is -0.483. The first-order valence-electron chi connectivity index (χ1n) is 8.04. The van der Waals surface area contributed by atoms with Gasteiger partial charge in [0.25, 0.3) is 5.69 Å². The zero-order valence-corrected chi connectivity index (χ0v) is 14.8. The molecule has 8 heteroatoms. The second-order valence-electron chi connectivity index (χ2n) is 5.94. The van der Waals surface area contributed by atoms with E-state index in [0.29, 0.717) is 5.56 Å². The average Bonchev–Trinajstić information content (AvgIpc) is 2.62. The lowest BCUT2D eigenvalue weighted by atomic mass is 10.1. The maximum Gasteiger partial charge on any atom is 0.269 e. The van der Waals surface area contributed by atoms with Gasteiger partial charge in [0.15, 0.2) is 0 Å². The molecule has 0 radical (unpaired) electrons. The molecular formula is C18H17N3O4S. The molecular weight excluding hydrogens is 354 g/mol. The van der Waals surface area contributed by atoms with Crippen molar-refractivity contribution in [2.24, 2.45) is 0 Å². The molecule has 1 heterocycles. The zero-order chi connectivity index (χ0) is 18.7. The van der Waals surface area contributed by atoms with Gasteiger partial charge in [-0.15, -0.1) is 11.8 Å². The van der Waals surface area contributed by atoms with E-state index in [2.05, 4.69) is 10.6 Å². The highest BCUT2D eigenvalue weighted by molar-refractivity contribution is 8.01. The Bertz CT molecular complexity index is 871. The number of para-hydroxylation sites is 1. The number of fused-ring (bicyclic) bond motifs is 1. The van der Waals surface area contributed by atoms with Gasteiger partial charge in [0.05, 0.1) is 21.9 Å². The van der Waals surface area contributed by atoms with Gasteiger partial charge in [-0.3, -0.25) is 19.7 Å². The molecule has 0 unspecified atom stereocenters. The Labute approximate surface area is 154 Å². The molecule has 7 nitrogen and oxygen atoms in total. The Morgan fingerprint density at radius 2 is 2.08 bits per heavy atom. The molecule has 2 N–H and O–H groups in total. The van der Waals surface area contributed by atoms with E-state index in [1.807, 2.05) is 24.3 Å². The van der Waals surface area contributed by atoms with Crippen molar-refractivity contribution in [2.75, 3.05) is 5.32 Å². The molecule has 0 spiro atoms. The third kappa shape index (κ3) is 4.02. The minimum absolute atomic E-state index is 0.0255. The number of benzene rings is 2. The number of nitrogens with one attached hydrogen (secondary N) is 2. The molecule has 0 saturated carbocycles. The van der Waals surface area contributed by atoms with Crippen LogP contribution in [-0.4, -0.2) is 22.0 Å². The van der Waals surface area contributed by atoms with Crippen LogP contribution < -0.4 is 10.6 Å². The fraction of sp³-hybridized carbons (Fsp3) is 0.222. The fourth-order valence-corrected chi connectivity index (χ4v) is 3.80. The van der Waals surface area contributed by atoms with Crippen LogP contribution >= 0.6 is 11.8 Å². The largest absolute Gasteiger partial charge is 0.350 e. The second-order valence-corrected chi connectivity index (χ2v) is 7.18. The van der Waals surface area contributed by atoms with Gasteiger partial charge in [-0.25, -0.2) is 0 Å². The van der Waals surface area contributed by atoms with E-state index in [-0.39, 0.29) is 23.9 Å². The number of thioether (sulfide) groups is 1. The number of carbonyl (C=O) groups excluding carboxylic acids is 2. The van der Waals surface area contributed by atoms with Crippen molar-refractivity contribution in [3.63, 3.8) is 0 Å². The van der Waals surface area contributed by atoms with Crippen LogP contribution in [-0.2, 0) is 9.59 Å². The number of carbonyl (C=O) groups is 2. The molecule has 3 rings (SSSR count). The van der Waals surface area contributed by atoms with Gasteiger partial charge in [-0.1, -0.05) is 24.3 Å². The summed E-state index contributed by atoms with van der Waals surface area (Å²) in [6.07, 6.45) is 0.0318. The standard InChI is InChI=1S/C18H17N3O4S/c1-11(12-5-4-6-13(9-12)21(24)25)19-17(22)10-16-18(23)20-14-7-2-3-8-15(14)26-16/h2-9,11,16H,10H2,1H3,(H,19,22)(H,20,23)/t11-,16-/m1/s1. The predicted octanol–water partition coefficient (Wildman–Crippen LogP) is 3.28. The minimum atomic E-state index is -0.512. The average molecular weight is 371 g/mol. The Kier molecular flexibility index (Phi) is 5.22. The van der Waals surface area contributed by atoms with Crippen molar-refractivity contribution >= 4 is 35.0 Å². The van der Waals surface area contributed by atoms with Gasteiger partial charge in [0.2, 0.25) is 11.8 Å². The molecule has 1 aliphatic heterocycles. The smallest absolute Gasteiger partial charge is 0.269 e. The Morgan fingerprint density at radius 1 is 1.31 bits per heavy atom. The molecule has 0 fully saturated rings. The van der Waals surface area contributed by atoms with E-state index in [0.717, 1.165) is 10.6 Å². The quantitative estimate of drug-likeness (QED) is 0.620. The van der Waals surface area contributed by atoms with E-state index >= 15 is 0 Å². The van der Waals surface area contributed by atoms with Gasteiger partial charge < -0.3 is 10.6 Å². The second kappa shape index (κ2) is 7.57. The van der Waals surface area contributed by atoms with Gasteiger partial charge in [-0.2, -0.15) is 0 Å². The van der Waals surface area contributed by atoms with Crippen LogP contribution in [0.3, 0.4) is 0 Å². The van der Waals surface area contributed by atoms with Crippen LogP contribution in [0.5, 0.6) is 0 Å². The van der Waals surface area contributed by atoms with E-state index in [4.69, 9.17) is 0 Å². The molecule has 0 aliphatic carbocycles. The maximum absolute atomic E-state index is 12.3. The number of amides is 2. The first-order chi connectivity index (χ1) is 12.4. The van der Waals surface area contributed by atoms with Crippen molar-refractivity contribution in [1.82, 2.24) is 5.32 Å². The van der Waals surface area contributed by atoms with Gasteiger partial charge in [-0.05, 0) is 24.6 Å². The van der Waals surface area contributed by atoms with Crippen LogP contribution in [0.4, 0.5) is 11.4 Å². The summed E-state index contributed by atoms with van der Waals surface area (Å²) in [5.41, 5.74) is 1.37. The van der Waals surface area contributed by atoms with Gasteiger partial charge in [0.1, 0.15) is 0 Å². The van der Waals surface area contributed by atoms with E-state index < -0.39 is 16.2 Å². The highest BCUT2D eigenvalue weighted by atomic mass is 32.2. The third-order valence-electron chi connectivity index (χ3n) is 4.04. The number of nitro groups is 1. The fourth-order valence-electron chi connectivity index (χ4n) is 2.69. The minimum Gasteiger partial charge on any atom is -0.350 e. The lowest BCUT2D eigenvalue weighted by Gasteiger charge is -2.24. The normalized spacial score (nSPS) is 17.0. The summed E-state index contributed by atoms with van der Waals surface area (Å²) < 4.78 is 0.